The van der Waals surface area contributed by atoms with E-state index in [1.165, 1.54) is 173 Å². The highest BCUT2D eigenvalue weighted by Gasteiger charge is 2.44. The van der Waals surface area contributed by atoms with Crippen molar-refractivity contribution in [2.45, 2.75) is 326 Å². The largest absolute Gasteiger partial charge is 0.466 e. The summed E-state index contributed by atoms with van der Waals surface area (Å²) in [7, 11) is 0. The summed E-state index contributed by atoms with van der Waals surface area (Å²) in [6.07, 6.45) is 66.0. The molecule has 1 heterocycles. The summed E-state index contributed by atoms with van der Waals surface area (Å²) in [4.78, 5) is 25.0. The highest BCUT2D eigenvalue weighted by Crippen LogP contribution is 2.23. The van der Waals surface area contributed by atoms with E-state index >= 15 is 0 Å². The second kappa shape index (κ2) is 56.9. The molecule has 11 heteroatoms. The highest BCUT2D eigenvalue weighted by atomic mass is 16.7. The van der Waals surface area contributed by atoms with Crippen LogP contribution in [0.1, 0.15) is 284 Å². The quantitative estimate of drug-likeness (QED) is 0.0195. The fourth-order valence-corrected chi connectivity index (χ4v) is 9.78. The molecule has 1 aliphatic rings. The van der Waals surface area contributed by atoms with Crippen molar-refractivity contribution < 1.29 is 49.3 Å². The lowest BCUT2D eigenvalue weighted by molar-refractivity contribution is -0.302. The second-order valence-corrected chi connectivity index (χ2v) is 22.4. The number of allylic oxidation sites excluding steroid dienone is 11. The minimum atomic E-state index is -1.58. The fraction of sp³-hybridized carbons (Fsp3) is 0.794. The normalized spacial score (nSPS) is 18.9. The summed E-state index contributed by atoms with van der Waals surface area (Å²) in [5.74, 6) is -0.209. The number of esters is 1. The SMILES string of the molecule is CCC/C=C/CC/C=C/CC/C=C/C(O)C(COC1OC(CO)C(O)C(O)C1O)NC(=O)CCCCCCCCCCCCCCC/C=C\C/C=C\CCCCCCCCCCCOC(=O)CCCCCCC/C=C\CCCC. The van der Waals surface area contributed by atoms with Gasteiger partial charge in [-0.2, -0.15) is 0 Å². The predicted octanol–water partition coefficient (Wildman–Crippen LogP) is 16.0. The van der Waals surface area contributed by atoms with Gasteiger partial charge in [-0.3, -0.25) is 9.59 Å². The van der Waals surface area contributed by atoms with Crippen molar-refractivity contribution in [1.82, 2.24) is 5.32 Å². The van der Waals surface area contributed by atoms with E-state index in [4.69, 9.17) is 14.2 Å². The number of rotatable bonds is 56. The molecule has 7 atom stereocenters. The molecule has 6 N–H and O–H groups in total. The number of aliphatic hydroxyl groups is 5. The average molecular weight is 1110 g/mol. The van der Waals surface area contributed by atoms with E-state index in [0.29, 0.717) is 19.4 Å². The van der Waals surface area contributed by atoms with Gasteiger partial charge >= 0.3 is 5.97 Å². The number of amides is 1. The zero-order valence-corrected chi connectivity index (χ0v) is 50.6. The highest BCUT2D eigenvalue weighted by molar-refractivity contribution is 5.76. The first kappa shape index (κ1) is 74.1. The van der Waals surface area contributed by atoms with E-state index in [0.717, 1.165) is 83.5 Å². The van der Waals surface area contributed by atoms with E-state index in [-0.39, 0.29) is 18.5 Å². The molecule has 0 aromatic rings. The standard InChI is InChI=1S/C68H121NO10/c1-3-5-7-9-11-13-34-38-42-46-50-54-61(71)60(59-78-68-67(76)66(75)65(74)62(58-70)79-68)69-63(72)55-51-47-43-39-36-32-30-28-26-24-22-20-18-16-15-17-19-21-23-25-27-29-31-33-37-41-45-49-53-57-77-64(73)56-52-48-44-40-35-14-12-10-8-6-4-2/h7,9-10,12,15,17,21,23,34,38,50,54,60-62,65-68,70-71,74-76H,3-6,8,11,13-14,16,18-20,22,24-33,35-37,39-49,51-53,55-59H2,1-2H3,(H,69,72)/b9-7+,12-10-,17-15-,23-21-,38-34+,54-50+. The van der Waals surface area contributed by atoms with Crippen LogP contribution in [-0.2, 0) is 23.8 Å². The maximum Gasteiger partial charge on any atom is 0.305 e. The van der Waals surface area contributed by atoms with Crippen LogP contribution in [0.25, 0.3) is 0 Å². The molecule has 0 bridgehead atoms. The molecule has 0 spiro atoms. The van der Waals surface area contributed by atoms with Crippen molar-refractivity contribution in [1.29, 1.82) is 0 Å². The third kappa shape index (κ3) is 46.3. The van der Waals surface area contributed by atoms with Crippen LogP contribution in [0.4, 0.5) is 0 Å². The summed E-state index contributed by atoms with van der Waals surface area (Å²) in [5, 5.41) is 54.3. The Morgan fingerprint density at radius 1 is 0.468 bits per heavy atom. The molecule has 11 nitrogen and oxygen atoms in total. The molecule has 79 heavy (non-hydrogen) atoms. The Labute approximate surface area is 483 Å². The Hall–Kier alpha value is -2.90. The lowest BCUT2D eigenvalue weighted by atomic mass is 9.99. The molecule has 1 rings (SSSR count). The lowest BCUT2D eigenvalue weighted by Gasteiger charge is -2.40. The zero-order valence-electron chi connectivity index (χ0n) is 50.6. The van der Waals surface area contributed by atoms with Gasteiger partial charge in [0.1, 0.15) is 24.4 Å². The molecule has 1 aliphatic heterocycles. The van der Waals surface area contributed by atoms with Gasteiger partial charge in [0.15, 0.2) is 6.29 Å². The number of carbonyl (C=O) groups is 2. The lowest BCUT2D eigenvalue weighted by Crippen LogP contribution is -2.60. The van der Waals surface area contributed by atoms with Gasteiger partial charge in [-0.25, -0.2) is 0 Å². The minimum absolute atomic E-state index is 0.00911. The van der Waals surface area contributed by atoms with Crippen LogP contribution in [0.3, 0.4) is 0 Å². The minimum Gasteiger partial charge on any atom is -0.466 e. The number of unbranched alkanes of at least 4 members (excludes halogenated alkanes) is 32. The number of nitrogens with one attached hydrogen (secondary N) is 1. The van der Waals surface area contributed by atoms with Crippen LogP contribution in [0.5, 0.6) is 0 Å². The van der Waals surface area contributed by atoms with Gasteiger partial charge in [-0.05, 0) is 103 Å². The molecule has 0 aliphatic carbocycles. The number of hydrogen-bond acceptors (Lipinski definition) is 10. The van der Waals surface area contributed by atoms with Gasteiger partial charge in [0.25, 0.3) is 0 Å². The third-order valence-corrected chi connectivity index (χ3v) is 15.0. The van der Waals surface area contributed by atoms with E-state index in [1.807, 2.05) is 6.08 Å². The summed E-state index contributed by atoms with van der Waals surface area (Å²) < 4.78 is 16.7. The van der Waals surface area contributed by atoms with Crippen molar-refractivity contribution >= 4 is 11.9 Å². The number of hydrogen-bond donors (Lipinski definition) is 6. The van der Waals surface area contributed by atoms with Crippen molar-refractivity contribution in [3.8, 4) is 0 Å². The predicted molar refractivity (Wildman–Crippen MR) is 329 cm³/mol. The Morgan fingerprint density at radius 2 is 0.886 bits per heavy atom. The summed E-state index contributed by atoms with van der Waals surface area (Å²) in [6.45, 7) is 4.21. The first-order valence-electron chi connectivity index (χ1n) is 32.7. The van der Waals surface area contributed by atoms with E-state index in [1.54, 1.807) is 6.08 Å². The van der Waals surface area contributed by atoms with Gasteiger partial charge in [0.2, 0.25) is 5.91 Å². The van der Waals surface area contributed by atoms with Crippen molar-refractivity contribution in [2.75, 3.05) is 19.8 Å². The second-order valence-electron chi connectivity index (χ2n) is 22.4. The van der Waals surface area contributed by atoms with Crippen LogP contribution in [-0.4, -0.2) is 100 Å². The number of ether oxygens (including phenoxy) is 3. The Morgan fingerprint density at radius 3 is 1.38 bits per heavy atom. The van der Waals surface area contributed by atoms with Gasteiger partial charge in [0, 0.05) is 12.8 Å². The molecule has 1 amide bonds. The fourth-order valence-electron chi connectivity index (χ4n) is 9.78. The van der Waals surface area contributed by atoms with Crippen LogP contribution in [0.2, 0.25) is 0 Å². The van der Waals surface area contributed by atoms with Crippen molar-refractivity contribution in [3.63, 3.8) is 0 Å². The Kier molecular flexibility index (Phi) is 53.4. The van der Waals surface area contributed by atoms with Gasteiger partial charge < -0.3 is 45.1 Å². The van der Waals surface area contributed by atoms with Crippen molar-refractivity contribution in [2.24, 2.45) is 0 Å². The summed E-state index contributed by atoms with van der Waals surface area (Å²) >= 11 is 0. The molecule has 1 saturated heterocycles. The van der Waals surface area contributed by atoms with Crippen LogP contribution < -0.4 is 5.32 Å². The van der Waals surface area contributed by atoms with E-state index < -0.39 is 49.5 Å². The number of aliphatic hydroxyl groups excluding tert-OH is 5. The Bertz CT molecular complexity index is 1540. The zero-order chi connectivity index (χ0) is 57.3. The van der Waals surface area contributed by atoms with Gasteiger partial charge in [0.05, 0.1) is 32.0 Å². The molecule has 7 unspecified atom stereocenters. The molecular weight excluding hydrogens is 991 g/mol. The maximum atomic E-state index is 13.0. The van der Waals surface area contributed by atoms with Crippen LogP contribution >= 0.6 is 0 Å². The van der Waals surface area contributed by atoms with E-state index in [9.17, 15) is 35.1 Å². The summed E-state index contributed by atoms with van der Waals surface area (Å²) in [6, 6.07) is -0.836. The topological polar surface area (TPSA) is 175 Å². The molecule has 0 aromatic heterocycles. The smallest absolute Gasteiger partial charge is 0.305 e. The van der Waals surface area contributed by atoms with Crippen LogP contribution in [0, 0.1) is 0 Å². The first-order chi connectivity index (χ1) is 38.7. The van der Waals surface area contributed by atoms with Gasteiger partial charge in [-0.15, -0.1) is 0 Å². The number of carbonyl (C=O) groups excluding carboxylic acids is 2. The molecular formula is C68H121NO10. The van der Waals surface area contributed by atoms with E-state index in [2.05, 4.69) is 79.9 Å². The average Bonchev–Trinajstić information content (AvgIpc) is 3.49. The molecule has 1 fully saturated rings. The third-order valence-electron chi connectivity index (χ3n) is 15.0. The van der Waals surface area contributed by atoms with Crippen LogP contribution in [0.15, 0.2) is 72.9 Å². The molecule has 0 aromatic carbocycles. The summed E-state index contributed by atoms with van der Waals surface area (Å²) in [5.41, 5.74) is 0. The molecule has 458 valence electrons. The monoisotopic (exact) mass is 1110 g/mol. The first-order valence-corrected chi connectivity index (χ1v) is 32.7. The van der Waals surface area contributed by atoms with Gasteiger partial charge in [-0.1, -0.05) is 241 Å². The molecule has 0 radical (unpaired) electrons. The Balaban J connectivity index is 2.00. The van der Waals surface area contributed by atoms with Crippen molar-refractivity contribution in [3.05, 3.63) is 72.9 Å². The molecule has 0 saturated carbocycles. The maximum absolute atomic E-state index is 13.0.